The molecule has 1 aliphatic rings. The number of hydrogen-bond acceptors (Lipinski definition) is 3. The van der Waals surface area contributed by atoms with Crippen molar-refractivity contribution in [1.29, 1.82) is 0 Å². The molecular formula is C13H20N2O. The number of nitrogen functional groups attached to an aromatic ring is 1. The molecule has 1 aromatic carbocycles. The van der Waals surface area contributed by atoms with E-state index >= 15 is 0 Å². The van der Waals surface area contributed by atoms with Crippen LogP contribution in [0, 0.1) is 12.8 Å². The summed E-state index contributed by atoms with van der Waals surface area (Å²) >= 11 is 0. The Morgan fingerprint density at radius 3 is 3.06 bits per heavy atom. The summed E-state index contributed by atoms with van der Waals surface area (Å²) in [4.78, 5) is 0. The summed E-state index contributed by atoms with van der Waals surface area (Å²) in [5.74, 6) is 0.635. The summed E-state index contributed by atoms with van der Waals surface area (Å²) in [5.41, 5.74) is 8.95. The van der Waals surface area contributed by atoms with Crippen LogP contribution in [0.3, 0.4) is 0 Å². The lowest BCUT2D eigenvalue weighted by atomic mass is 10.0. The van der Waals surface area contributed by atoms with Crippen LogP contribution in [-0.4, -0.2) is 19.8 Å². The first kappa shape index (κ1) is 11.3. The summed E-state index contributed by atoms with van der Waals surface area (Å²) < 4.78 is 5.45. The smallest absolute Gasteiger partial charge is 0.0511 e. The summed E-state index contributed by atoms with van der Waals surface area (Å²) in [6.07, 6.45) is 2.44. The number of hydrogen-bond donors (Lipinski definition) is 2. The number of anilines is 2. The van der Waals surface area contributed by atoms with Gasteiger partial charge in [0.2, 0.25) is 0 Å². The third-order valence-electron chi connectivity index (χ3n) is 3.13. The molecule has 3 nitrogen and oxygen atoms in total. The van der Waals surface area contributed by atoms with Crippen LogP contribution in [0.2, 0.25) is 0 Å². The van der Waals surface area contributed by atoms with E-state index in [2.05, 4.69) is 17.4 Å². The Kier molecular flexibility index (Phi) is 3.67. The van der Waals surface area contributed by atoms with Crippen molar-refractivity contribution < 1.29 is 4.74 Å². The molecule has 0 aliphatic carbocycles. The van der Waals surface area contributed by atoms with Crippen molar-refractivity contribution in [2.24, 2.45) is 5.92 Å². The van der Waals surface area contributed by atoms with Gasteiger partial charge in [0, 0.05) is 24.5 Å². The zero-order chi connectivity index (χ0) is 11.4. The third kappa shape index (κ3) is 2.89. The second-order valence-electron chi connectivity index (χ2n) is 4.54. The van der Waals surface area contributed by atoms with E-state index in [9.17, 15) is 0 Å². The fourth-order valence-electron chi connectivity index (χ4n) is 1.98. The van der Waals surface area contributed by atoms with Gasteiger partial charge in [0.15, 0.2) is 0 Å². The quantitative estimate of drug-likeness (QED) is 0.769. The van der Waals surface area contributed by atoms with Crippen molar-refractivity contribution >= 4 is 11.4 Å². The summed E-state index contributed by atoms with van der Waals surface area (Å²) in [6, 6.07) is 6.13. The Hall–Kier alpha value is -1.22. The standard InChI is InChI=1S/C13H20N2O/c1-10-4-5-12(7-13(10)14)15-8-11-3-2-6-16-9-11/h4-5,7,11,15H,2-3,6,8-9,14H2,1H3. The van der Waals surface area contributed by atoms with Gasteiger partial charge in [-0.3, -0.25) is 0 Å². The lowest BCUT2D eigenvalue weighted by molar-refractivity contribution is 0.0595. The van der Waals surface area contributed by atoms with Crippen LogP contribution < -0.4 is 11.1 Å². The van der Waals surface area contributed by atoms with Crippen molar-refractivity contribution in [3.05, 3.63) is 23.8 Å². The summed E-state index contributed by atoms with van der Waals surface area (Å²) in [5, 5.41) is 3.42. The topological polar surface area (TPSA) is 47.3 Å². The largest absolute Gasteiger partial charge is 0.398 e. The van der Waals surface area contributed by atoms with Crippen LogP contribution >= 0.6 is 0 Å². The Balaban J connectivity index is 1.86. The molecule has 1 atom stereocenters. The van der Waals surface area contributed by atoms with Crippen LogP contribution in [0.5, 0.6) is 0 Å². The van der Waals surface area contributed by atoms with E-state index in [1.807, 2.05) is 13.0 Å². The lowest BCUT2D eigenvalue weighted by Crippen LogP contribution is -2.24. The molecule has 3 N–H and O–H groups in total. The average Bonchev–Trinajstić information content (AvgIpc) is 2.32. The van der Waals surface area contributed by atoms with E-state index in [4.69, 9.17) is 10.5 Å². The van der Waals surface area contributed by atoms with Crippen molar-refractivity contribution in [3.63, 3.8) is 0 Å². The van der Waals surface area contributed by atoms with Crippen LogP contribution in [0.15, 0.2) is 18.2 Å². The van der Waals surface area contributed by atoms with Gasteiger partial charge in [0.1, 0.15) is 0 Å². The molecule has 0 aromatic heterocycles. The first-order chi connectivity index (χ1) is 7.75. The zero-order valence-corrected chi connectivity index (χ0v) is 9.83. The van der Waals surface area contributed by atoms with Gasteiger partial charge in [-0.1, -0.05) is 6.07 Å². The predicted octanol–water partition coefficient (Wildman–Crippen LogP) is 2.42. The molecule has 1 saturated heterocycles. The van der Waals surface area contributed by atoms with Crippen LogP contribution in [0.25, 0.3) is 0 Å². The molecule has 1 aliphatic heterocycles. The second kappa shape index (κ2) is 5.21. The van der Waals surface area contributed by atoms with Crippen molar-refractivity contribution in [2.75, 3.05) is 30.8 Å². The molecule has 1 aromatic rings. The monoisotopic (exact) mass is 220 g/mol. The van der Waals surface area contributed by atoms with E-state index in [0.29, 0.717) is 5.92 Å². The molecule has 0 radical (unpaired) electrons. The highest BCUT2D eigenvalue weighted by Gasteiger charge is 2.13. The SMILES string of the molecule is Cc1ccc(NCC2CCCOC2)cc1N. The summed E-state index contributed by atoms with van der Waals surface area (Å²) in [7, 11) is 0. The first-order valence-electron chi connectivity index (χ1n) is 5.93. The van der Waals surface area contributed by atoms with E-state index in [0.717, 1.165) is 36.7 Å². The lowest BCUT2D eigenvalue weighted by Gasteiger charge is -2.22. The molecule has 1 fully saturated rings. The van der Waals surface area contributed by atoms with E-state index in [-0.39, 0.29) is 0 Å². The highest BCUT2D eigenvalue weighted by molar-refractivity contribution is 5.58. The number of nitrogens with one attached hydrogen (secondary N) is 1. The number of ether oxygens (including phenoxy) is 1. The Labute approximate surface area is 97.0 Å². The van der Waals surface area contributed by atoms with Gasteiger partial charge in [-0.15, -0.1) is 0 Å². The number of rotatable bonds is 3. The van der Waals surface area contributed by atoms with Crippen LogP contribution in [-0.2, 0) is 4.74 Å². The maximum atomic E-state index is 5.86. The van der Waals surface area contributed by atoms with Gasteiger partial charge in [0.05, 0.1) is 6.61 Å². The number of benzene rings is 1. The molecule has 2 rings (SSSR count). The minimum Gasteiger partial charge on any atom is -0.398 e. The molecule has 0 saturated carbocycles. The Morgan fingerprint density at radius 1 is 1.50 bits per heavy atom. The van der Waals surface area contributed by atoms with Crippen LogP contribution in [0.1, 0.15) is 18.4 Å². The Bertz CT molecular complexity index is 346. The summed E-state index contributed by atoms with van der Waals surface area (Å²) in [6.45, 7) is 4.80. The minimum absolute atomic E-state index is 0.635. The maximum Gasteiger partial charge on any atom is 0.0511 e. The molecule has 1 heterocycles. The minimum atomic E-state index is 0.635. The predicted molar refractivity (Wildman–Crippen MR) is 67.6 cm³/mol. The average molecular weight is 220 g/mol. The molecule has 0 bridgehead atoms. The van der Waals surface area contributed by atoms with Crippen molar-refractivity contribution in [2.45, 2.75) is 19.8 Å². The van der Waals surface area contributed by atoms with Crippen molar-refractivity contribution in [3.8, 4) is 0 Å². The molecule has 16 heavy (non-hydrogen) atoms. The highest BCUT2D eigenvalue weighted by atomic mass is 16.5. The van der Waals surface area contributed by atoms with E-state index < -0.39 is 0 Å². The van der Waals surface area contributed by atoms with Crippen molar-refractivity contribution in [1.82, 2.24) is 0 Å². The van der Waals surface area contributed by atoms with Gasteiger partial charge >= 0.3 is 0 Å². The van der Waals surface area contributed by atoms with Gasteiger partial charge in [-0.05, 0) is 43.4 Å². The van der Waals surface area contributed by atoms with E-state index in [1.54, 1.807) is 0 Å². The van der Waals surface area contributed by atoms with Gasteiger partial charge < -0.3 is 15.8 Å². The Morgan fingerprint density at radius 2 is 2.38 bits per heavy atom. The fourth-order valence-corrected chi connectivity index (χ4v) is 1.98. The maximum absolute atomic E-state index is 5.86. The normalized spacial score (nSPS) is 20.7. The van der Waals surface area contributed by atoms with Crippen LogP contribution in [0.4, 0.5) is 11.4 Å². The molecule has 3 heteroatoms. The highest BCUT2D eigenvalue weighted by Crippen LogP contribution is 2.19. The third-order valence-corrected chi connectivity index (χ3v) is 3.13. The molecule has 0 spiro atoms. The molecule has 88 valence electrons. The first-order valence-corrected chi connectivity index (χ1v) is 5.93. The molecule has 1 unspecified atom stereocenters. The fraction of sp³-hybridized carbons (Fsp3) is 0.538. The van der Waals surface area contributed by atoms with Gasteiger partial charge in [0.25, 0.3) is 0 Å². The second-order valence-corrected chi connectivity index (χ2v) is 4.54. The number of nitrogens with two attached hydrogens (primary N) is 1. The van der Waals surface area contributed by atoms with Gasteiger partial charge in [-0.2, -0.15) is 0 Å². The molecular weight excluding hydrogens is 200 g/mol. The van der Waals surface area contributed by atoms with E-state index in [1.165, 1.54) is 12.8 Å². The molecule has 0 amide bonds. The zero-order valence-electron chi connectivity index (χ0n) is 9.83. The number of aryl methyl sites for hydroxylation is 1. The van der Waals surface area contributed by atoms with Gasteiger partial charge in [-0.25, -0.2) is 0 Å².